The molecule has 21 heavy (non-hydrogen) atoms. The first kappa shape index (κ1) is 14.6. The second-order valence-electron chi connectivity index (χ2n) is 4.99. The molecule has 0 amide bonds. The molecule has 0 saturated heterocycles. The standard InChI is InChI=1S/C16H14BrClN2O/c1-9-4-11(6-12(17)5-9)16(20-19)15-8-10-7-13(18)2-3-14(10)21-15/h2-8,16,20H,19H2,1H3. The third kappa shape index (κ3) is 2.99. The van der Waals surface area contributed by atoms with Crippen LogP contribution in [0.5, 0.6) is 0 Å². The smallest absolute Gasteiger partial charge is 0.134 e. The molecule has 3 nitrogen and oxygen atoms in total. The number of rotatable bonds is 3. The van der Waals surface area contributed by atoms with E-state index >= 15 is 0 Å². The molecular weight excluding hydrogens is 352 g/mol. The maximum absolute atomic E-state index is 6.01. The van der Waals surface area contributed by atoms with Gasteiger partial charge in [0, 0.05) is 14.9 Å². The molecule has 2 aromatic carbocycles. The third-order valence-electron chi connectivity index (χ3n) is 3.35. The molecule has 3 aromatic rings. The Balaban J connectivity index is 2.08. The van der Waals surface area contributed by atoms with Gasteiger partial charge in [0.05, 0.1) is 0 Å². The van der Waals surface area contributed by atoms with Crippen LogP contribution in [0.15, 0.2) is 51.4 Å². The molecule has 0 aliphatic carbocycles. The van der Waals surface area contributed by atoms with Crippen LogP contribution in [0.1, 0.15) is 22.9 Å². The quantitative estimate of drug-likeness (QED) is 0.522. The van der Waals surface area contributed by atoms with Gasteiger partial charge in [-0.3, -0.25) is 5.84 Å². The van der Waals surface area contributed by atoms with Crippen LogP contribution < -0.4 is 11.3 Å². The van der Waals surface area contributed by atoms with Crippen LogP contribution in [-0.2, 0) is 0 Å². The van der Waals surface area contributed by atoms with Crippen LogP contribution in [0.2, 0.25) is 5.02 Å². The normalized spacial score (nSPS) is 12.8. The Morgan fingerprint density at radius 3 is 2.71 bits per heavy atom. The summed E-state index contributed by atoms with van der Waals surface area (Å²) in [5.41, 5.74) is 5.80. The minimum Gasteiger partial charge on any atom is -0.459 e. The molecule has 0 radical (unpaired) electrons. The van der Waals surface area contributed by atoms with Crippen molar-refractivity contribution in [1.82, 2.24) is 5.43 Å². The van der Waals surface area contributed by atoms with Crippen molar-refractivity contribution in [3.63, 3.8) is 0 Å². The highest BCUT2D eigenvalue weighted by atomic mass is 79.9. The number of hydrogen-bond acceptors (Lipinski definition) is 3. The second kappa shape index (κ2) is 5.81. The highest BCUT2D eigenvalue weighted by molar-refractivity contribution is 9.10. The van der Waals surface area contributed by atoms with Gasteiger partial charge in [0.15, 0.2) is 0 Å². The summed E-state index contributed by atoms with van der Waals surface area (Å²) in [5.74, 6) is 6.49. The monoisotopic (exact) mass is 364 g/mol. The Bertz CT molecular complexity index is 780. The number of benzene rings is 2. The van der Waals surface area contributed by atoms with Crippen LogP contribution in [0.4, 0.5) is 0 Å². The van der Waals surface area contributed by atoms with Crippen molar-refractivity contribution in [2.24, 2.45) is 5.84 Å². The molecular formula is C16H14BrClN2O. The number of hydrazine groups is 1. The van der Waals surface area contributed by atoms with Gasteiger partial charge in [-0.25, -0.2) is 5.43 Å². The Labute approximate surface area is 136 Å². The molecule has 1 heterocycles. The molecule has 0 saturated carbocycles. The Hall–Kier alpha value is -1.33. The van der Waals surface area contributed by atoms with Gasteiger partial charge < -0.3 is 4.42 Å². The van der Waals surface area contributed by atoms with Crippen LogP contribution in [0.3, 0.4) is 0 Å². The minimum atomic E-state index is -0.215. The number of nitrogens with one attached hydrogen (secondary N) is 1. The Kier molecular flexibility index (Phi) is 4.04. The number of aryl methyl sites for hydroxylation is 1. The summed E-state index contributed by atoms with van der Waals surface area (Å²) in [6.07, 6.45) is 0. The number of nitrogens with two attached hydrogens (primary N) is 1. The molecule has 0 bridgehead atoms. The van der Waals surface area contributed by atoms with Crippen molar-refractivity contribution in [3.8, 4) is 0 Å². The molecule has 3 rings (SSSR count). The summed E-state index contributed by atoms with van der Waals surface area (Å²) in [7, 11) is 0. The molecule has 1 aromatic heterocycles. The molecule has 0 aliphatic heterocycles. The predicted octanol–water partition coefficient (Wildman–Crippen LogP) is 4.71. The van der Waals surface area contributed by atoms with E-state index in [0.717, 1.165) is 32.3 Å². The van der Waals surface area contributed by atoms with Crippen LogP contribution in [0.25, 0.3) is 11.0 Å². The molecule has 0 fully saturated rings. The van der Waals surface area contributed by atoms with Crippen LogP contribution >= 0.6 is 27.5 Å². The minimum absolute atomic E-state index is 0.215. The summed E-state index contributed by atoms with van der Waals surface area (Å²) in [6, 6.07) is 13.5. The Morgan fingerprint density at radius 2 is 2.00 bits per heavy atom. The Morgan fingerprint density at radius 1 is 1.19 bits per heavy atom. The van der Waals surface area contributed by atoms with E-state index in [9.17, 15) is 0 Å². The van der Waals surface area contributed by atoms with E-state index in [1.165, 1.54) is 0 Å². The van der Waals surface area contributed by atoms with Gasteiger partial charge >= 0.3 is 0 Å². The summed E-state index contributed by atoms with van der Waals surface area (Å²) in [4.78, 5) is 0. The van der Waals surface area contributed by atoms with Crippen molar-refractivity contribution < 1.29 is 4.42 Å². The van der Waals surface area contributed by atoms with E-state index in [-0.39, 0.29) is 6.04 Å². The van der Waals surface area contributed by atoms with Crippen molar-refractivity contribution in [2.45, 2.75) is 13.0 Å². The molecule has 0 aliphatic rings. The van der Waals surface area contributed by atoms with Crippen molar-refractivity contribution in [1.29, 1.82) is 0 Å². The van der Waals surface area contributed by atoms with Gasteiger partial charge in [0.25, 0.3) is 0 Å². The molecule has 1 unspecified atom stereocenters. The fraction of sp³-hybridized carbons (Fsp3) is 0.125. The van der Waals surface area contributed by atoms with Gasteiger partial charge in [0.2, 0.25) is 0 Å². The van der Waals surface area contributed by atoms with Crippen LogP contribution in [-0.4, -0.2) is 0 Å². The zero-order valence-electron chi connectivity index (χ0n) is 11.4. The molecule has 108 valence electrons. The van der Waals surface area contributed by atoms with E-state index in [0.29, 0.717) is 5.02 Å². The van der Waals surface area contributed by atoms with Gasteiger partial charge in [-0.2, -0.15) is 0 Å². The van der Waals surface area contributed by atoms with Gasteiger partial charge in [-0.15, -0.1) is 0 Å². The highest BCUT2D eigenvalue weighted by Gasteiger charge is 2.18. The first-order valence-corrected chi connectivity index (χ1v) is 7.66. The lowest BCUT2D eigenvalue weighted by atomic mass is 10.0. The topological polar surface area (TPSA) is 51.2 Å². The van der Waals surface area contributed by atoms with Gasteiger partial charge in [-0.05, 0) is 54.4 Å². The van der Waals surface area contributed by atoms with Gasteiger partial charge in [-0.1, -0.05) is 33.6 Å². The van der Waals surface area contributed by atoms with Crippen LogP contribution in [0, 0.1) is 6.92 Å². The number of fused-ring (bicyclic) bond motifs is 1. The van der Waals surface area contributed by atoms with Crippen molar-refractivity contribution >= 4 is 38.5 Å². The fourth-order valence-electron chi connectivity index (χ4n) is 2.45. The lowest BCUT2D eigenvalue weighted by Crippen LogP contribution is -2.28. The second-order valence-corrected chi connectivity index (χ2v) is 6.34. The van der Waals surface area contributed by atoms with Gasteiger partial charge in [0.1, 0.15) is 17.4 Å². The number of hydrogen-bond donors (Lipinski definition) is 2. The highest BCUT2D eigenvalue weighted by Crippen LogP contribution is 2.31. The molecule has 0 spiro atoms. The summed E-state index contributed by atoms with van der Waals surface area (Å²) >= 11 is 9.52. The lowest BCUT2D eigenvalue weighted by Gasteiger charge is -2.14. The van der Waals surface area contributed by atoms with E-state index in [1.54, 1.807) is 0 Å². The van der Waals surface area contributed by atoms with E-state index in [4.69, 9.17) is 21.9 Å². The SMILES string of the molecule is Cc1cc(Br)cc(C(NN)c2cc3cc(Cl)ccc3o2)c1. The van der Waals surface area contributed by atoms with Crippen molar-refractivity contribution in [3.05, 3.63) is 68.8 Å². The first-order valence-electron chi connectivity index (χ1n) is 6.49. The maximum atomic E-state index is 6.01. The zero-order chi connectivity index (χ0) is 15.0. The third-order valence-corrected chi connectivity index (χ3v) is 4.04. The van der Waals surface area contributed by atoms with Crippen molar-refractivity contribution in [2.75, 3.05) is 0 Å². The summed E-state index contributed by atoms with van der Waals surface area (Å²) in [6.45, 7) is 2.04. The maximum Gasteiger partial charge on any atom is 0.134 e. The number of halogens is 2. The first-order chi connectivity index (χ1) is 10.1. The largest absolute Gasteiger partial charge is 0.459 e. The molecule has 1 atom stereocenters. The van der Waals surface area contributed by atoms with E-state index < -0.39 is 0 Å². The summed E-state index contributed by atoms with van der Waals surface area (Å²) < 4.78 is 6.90. The lowest BCUT2D eigenvalue weighted by molar-refractivity contribution is 0.477. The van der Waals surface area contributed by atoms with E-state index in [2.05, 4.69) is 33.5 Å². The average molecular weight is 366 g/mol. The number of furan rings is 1. The molecule has 5 heteroatoms. The zero-order valence-corrected chi connectivity index (χ0v) is 13.7. The summed E-state index contributed by atoms with van der Waals surface area (Å²) in [5, 5.41) is 1.65. The average Bonchev–Trinajstić information content (AvgIpc) is 2.81. The fourth-order valence-corrected chi connectivity index (χ4v) is 3.26. The van der Waals surface area contributed by atoms with E-state index in [1.807, 2.05) is 37.3 Å². The predicted molar refractivity (Wildman–Crippen MR) is 89.3 cm³/mol. The molecule has 3 N–H and O–H groups in total.